The average molecular weight is 340 g/mol. The van der Waals surface area contributed by atoms with E-state index in [4.69, 9.17) is 0 Å². The quantitative estimate of drug-likeness (QED) is 0.770. The number of carbonyl (C=O) groups is 1. The summed E-state index contributed by atoms with van der Waals surface area (Å²) in [7, 11) is 0. The maximum absolute atomic E-state index is 12.8. The van der Waals surface area contributed by atoms with Gasteiger partial charge in [-0.15, -0.1) is 11.3 Å². The summed E-state index contributed by atoms with van der Waals surface area (Å²) in [6, 6.07) is 11.5. The number of pyridine rings is 1. The van der Waals surface area contributed by atoms with Crippen molar-refractivity contribution >= 4 is 28.0 Å². The van der Waals surface area contributed by atoms with Crippen LogP contribution in [-0.2, 0) is 13.1 Å². The topological polar surface area (TPSA) is 51.1 Å². The van der Waals surface area contributed by atoms with E-state index in [0.29, 0.717) is 24.2 Å². The Labute approximate surface area is 144 Å². The third kappa shape index (κ3) is 3.26. The fourth-order valence-corrected chi connectivity index (χ4v) is 3.41. The predicted octanol–water partition coefficient (Wildman–Crippen LogP) is 3.71. The van der Waals surface area contributed by atoms with Crippen molar-refractivity contribution in [2.75, 3.05) is 0 Å². The van der Waals surface area contributed by atoms with Crippen molar-refractivity contribution in [3.8, 4) is 0 Å². The van der Waals surface area contributed by atoms with Crippen LogP contribution in [0.2, 0.25) is 0 Å². The average Bonchev–Trinajstić information content (AvgIpc) is 3.09. The zero-order valence-electron chi connectivity index (χ0n) is 13.8. The number of carbonyl (C=O) groups excluding carboxylic acids is 1. The van der Waals surface area contributed by atoms with Crippen LogP contribution >= 0.6 is 11.3 Å². The molecule has 0 unspecified atom stereocenters. The molecule has 0 atom stereocenters. The van der Waals surface area contributed by atoms with Crippen molar-refractivity contribution < 1.29 is 4.79 Å². The molecule has 0 saturated carbocycles. The van der Waals surface area contributed by atoms with E-state index < -0.39 is 0 Å². The number of hydrogen-bond donors (Lipinski definition) is 1. The highest BCUT2D eigenvalue weighted by Crippen LogP contribution is 2.15. The lowest BCUT2D eigenvalue weighted by molar-refractivity contribution is 0.0940. The lowest BCUT2D eigenvalue weighted by Gasteiger charge is -2.14. The second-order valence-corrected chi connectivity index (χ2v) is 6.87. The molecule has 1 N–H and O–H groups in total. The molecular weight excluding hydrogens is 320 g/mol. The minimum absolute atomic E-state index is 0.0978. The van der Waals surface area contributed by atoms with Gasteiger partial charge in [0.25, 0.3) is 11.5 Å². The molecule has 0 aliphatic heterocycles. The highest BCUT2D eigenvalue weighted by molar-refractivity contribution is 7.09. The van der Waals surface area contributed by atoms with E-state index in [-0.39, 0.29) is 11.5 Å². The summed E-state index contributed by atoms with van der Waals surface area (Å²) < 4.78 is 1.59. The Bertz CT molecular complexity index is 926. The largest absolute Gasteiger partial charge is 0.346 e. The summed E-state index contributed by atoms with van der Waals surface area (Å²) in [5, 5.41) is 6.36. The molecule has 2 aromatic heterocycles. The van der Waals surface area contributed by atoms with E-state index in [2.05, 4.69) is 5.32 Å². The molecule has 124 valence electrons. The molecule has 3 rings (SSSR count). The predicted molar refractivity (Wildman–Crippen MR) is 98.7 cm³/mol. The number of aryl methyl sites for hydroxylation is 1. The number of benzene rings is 1. The number of thiophene rings is 1. The third-order valence-electron chi connectivity index (χ3n) is 3.95. The first-order valence-corrected chi connectivity index (χ1v) is 8.93. The first-order valence-electron chi connectivity index (χ1n) is 8.05. The lowest BCUT2D eigenvalue weighted by atomic mass is 10.1. The van der Waals surface area contributed by atoms with Gasteiger partial charge in [-0.25, -0.2) is 0 Å². The van der Waals surface area contributed by atoms with Gasteiger partial charge in [0.1, 0.15) is 5.69 Å². The van der Waals surface area contributed by atoms with Crippen LogP contribution in [0.15, 0.2) is 46.6 Å². The first-order chi connectivity index (χ1) is 11.6. The van der Waals surface area contributed by atoms with E-state index in [1.807, 2.05) is 55.6 Å². The van der Waals surface area contributed by atoms with Crippen LogP contribution in [0.25, 0.3) is 10.8 Å². The molecule has 24 heavy (non-hydrogen) atoms. The maximum atomic E-state index is 12.8. The van der Waals surface area contributed by atoms with E-state index in [9.17, 15) is 9.59 Å². The van der Waals surface area contributed by atoms with Crippen LogP contribution in [0, 0.1) is 6.92 Å². The zero-order chi connectivity index (χ0) is 17.1. The van der Waals surface area contributed by atoms with Gasteiger partial charge in [-0.1, -0.05) is 30.7 Å². The highest BCUT2D eigenvalue weighted by Gasteiger charge is 2.15. The summed E-state index contributed by atoms with van der Waals surface area (Å²) in [4.78, 5) is 26.5. The molecule has 0 aliphatic carbocycles. The standard InChI is InChI=1S/C19H20N2O2S/c1-3-8-21-17(18(22)20-12-15-5-4-9-24-15)11-14-7-6-13(2)10-16(14)19(21)23/h4-7,9-11H,3,8,12H2,1-2H3,(H,20,22). The van der Waals surface area contributed by atoms with Gasteiger partial charge in [-0.05, 0) is 42.3 Å². The minimum atomic E-state index is -0.212. The van der Waals surface area contributed by atoms with E-state index in [0.717, 1.165) is 22.2 Å². The fourth-order valence-electron chi connectivity index (χ4n) is 2.77. The second kappa shape index (κ2) is 7.01. The number of aromatic nitrogens is 1. The Hall–Kier alpha value is -2.40. The SMILES string of the molecule is CCCn1c(C(=O)NCc2cccs2)cc2ccc(C)cc2c1=O. The monoisotopic (exact) mass is 340 g/mol. The van der Waals surface area contributed by atoms with Crippen LogP contribution in [0.5, 0.6) is 0 Å². The smallest absolute Gasteiger partial charge is 0.268 e. The van der Waals surface area contributed by atoms with Gasteiger partial charge in [0.15, 0.2) is 0 Å². The summed E-state index contributed by atoms with van der Waals surface area (Å²) in [5.41, 5.74) is 1.37. The summed E-state index contributed by atoms with van der Waals surface area (Å²) in [6.45, 7) is 4.97. The molecule has 3 aromatic rings. The third-order valence-corrected chi connectivity index (χ3v) is 4.83. The van der Waals surface area contributed by atoms with Crippen LogP contribution < -0.4 is 10.9 Å². The number of hydrogen-bond acceptors (Lipinski definition) is 3. The van der Waals surface area contributed by atoms with E-state index in [1.54, 1.807) is 15.9 Å². The molecule has 1 amide bonds. The first kappa shape index (κ1) is 16.5. The number of fused-ring (bicyclic) bond motifs is 1. The molecule has 0 radical (unpaired) electrons. The Kier molecular flexibility index (Phi) is 4.81. The second-order valence-electron chi connectivity index (χ2n) is 5.84. The maximum Gasteiger partial charge on any atom is 0.268 e. The Morgan fingerprint density at radius 1 is 1.25 bits per heavy atom. The van der Waals surface area contributed by atoms with Crippen molar-refractivity contribution in [3.63, 3.8) is 0 Å². The van der Waals surface area contributed by atoms with Crippen molar-refractivity contribution in [1.29, 1.82) is 0 Å². The lowest BCUT2D eigenvalue weighted by Crippen LogP contribution is -2.32. The molecule has 2 heterocycles. The van der Waals surface area contributed by atoms with Gasteiger partial charge in [0.05, 0.1) is 6.54 Å². The van der Waals surface area contributed by atoms with E-state index >= 15 is 0 Å². The van der Waals surface area contributed by atoms with Crippen LogP contribution in [0.1, 0.15) is 34.3 Å². The van der Waals surface area contributed by atoms with E-state index in [1.165, 1.54) is 0 Å². The van der Waals surface area contributed by atoms with Crippen LogP contribution in [-0.4, -0.2) is 10.5 Å². The van der Waals surface area contributed by atoms with Gasteiger partial charge >= 0.3 is 0 Å². The Balaban J connectivity index is 2.01. The number of rotatable bonds is 5. The molecule has 0 saturated heterocycles. The van der Waals surface area contributed by atoms with Gasteiger partial charge in [-0.3, -0.25) is 9.59 Å². The van der Waals surface area contributed by atoms with Crippen molar-refractivity contribution in [3.05, 3.63) is 68.3 Å². The molecule has 0 spiro atoms. The van der Waals surface area contributed by atoms with Gasteiger partial charge in [0, 0.05) is 16.8 Å². The Morgan fingerprint density at radius 3 is 2.79 bits per heavy atom. The van der Waals surface area contributed by atoms with Crippen LogP contribution in [0.4, 0.5) is 0 Å². The molecule has 0 fully saturated rings. The summed E-state index contributed by atoms with van der Waals surface area (Å²) in [6.07, 6.45) is 0.794. The normalized spacial score (nSPS) is 10.9. The van der Waals surface area contributed by atoms with Gasteiger partial charge < -0.3 is 9.88 Å². The van der Waals surface area contributed by atoms with Gasteiger partial charge in [0.2, 0.25) is 0 Å². The number of amides is 1. The molecule has 5 heteroatoms. The zero-order valence-corrected chi connectivity index (χ0v) is 14.7. The van der Waals surface area contributed by atoms with Crippen molar-refractivity contribution in [2.45, 2.75) is 33.4 Å². The molecular formula is C19H20N2O2S. The molecule has 1 aromatic carbocycles. The number of nitrogens with zero attached hydrogens (tertiary/aromatic N) is 1. The minimum Gasteiger partial charge on any atom is -0.346 e. The summed E-state index contributed by atoms with van der Waals surface area (Å²) >= 11 is 1.60. The summed E-state index contributed by atoms with van der Waals surface area (Å²) in [5.74, 6) is -0.212. The fraction of sp³-hybridized carbons (Fsp3) is 0.263. The molecule has 0 aliphatic rings. The molecule has 4 nitrogen and oxygen atoms in total. The van der Waals surface area contributed by atoms with Gasteiger partial charge in [-0.2, -0.15) is 0 Å². The highest BCUT2D eigenvalue weighted by atomic mass is 32.1. The molecule has 0 bridgehead atoms. The Morgan fingerprint density at radius 2 is 2.08 bits per heavy atom. The number of nitrogens with one attached hydrogen (secondary N) is 1. The van der Waals surface area contributed by atoms with Crippen molar-refractivity contribution in [2.24, 2.45) is 0 Å². The van der Waals surface area contributed by atoms with Crippen molar-refractivity contribution in [1.82, 2.24) is 9.88 Å². The van der Waals surface area contributed by atoms with Crippen LogP contribution in [0.3, 0.4) is 0 Å².